The van der Waals surface area contributed by atoms with Gasteiger partial charge in [-0.2, -0.15) is 0 Å². The number of hydrogen-bond acceptors (Lipinski definition) is 4. The van der Waals surface area contributed by atoms with Crippen molar-refractivity contribution >= 4 is 48.8 Å². The van der Waals surface area contributed by atoms with Crippen molar-refractivity contribution < 1.29 is 17.9 Å². The minimum absolute atomic E-state index is 0.110. The number of benzene rings is 1. The molecular formula is C18H18Cl3NO4S. The maximum atomic E-state index is 12.3. The first-order valence-corrected chi connectivity index (χ1v) is 11.4. The number of nitrogens with one attached hydrogen (secondary N) is 1. The number of halogens is 3. The monoisotopic (exact) mass is 449 g/mol. The molecule has 1 aromatic carbocycles. The summed E-state index contributed by atoms with van der Waals surface area (Å²) in [6.45, 7) is 1.87. The van der Waals surface area contributed by atoms with E-state index in [4.69, 9.17) is 38.6 Å². The maximum Gasteiger partial charge on any atom is 0.241 e. The third-order valence-corrected chi connectivity index (χ3v) is 7.83. The zero-order chi connectivity index (χ0) is 19.8. The number of hydrogen-bond donors (Lipinski definition) is 1. The van der Waals surface area contributed by atoms with Gasteiger partial charge in [0.05, 0.1) is 11.6 Å². The van der Waals surface area contributed by atoms with Crippen molar-refractivity contribution in [1.82, 2.24) is 5.32 Å². The van der Waals surface area contributed by atoms with Crippen LogP contribution in [0.25, 0.3) is 0 Å². The zero-order valence-corrected chi connectivity index (χ0v) is 17.6. The van der Waals surface area contributed by atoms with Gasteiger partial charge < -0.3 is 10.1 Å². The molecule has 2 atom stereocenters. The molecule has 0 saturated carbocycles. The Kier molecular flexibility index (Phi) is 5.82. The molecule has 1 aliphatic carbocycles. The van der Waals surface area contributed by atoms with Gasteiger partial charge in [0.15, 0.2) is 0 Å². The highest BCUT2D eigenvalue weighted by Crippen LogP contribution is 2.39. The molecule has 1 aliphatic heterocycles. The predicted molar refractivity (Wildman–Crippen MR) is 107 cm³/mol. The molecular weight excluding hydrogens is 433 g/mol. The third-order valence-electron chi connectivity index (χ3n) is 4.84. The van der Waals surface area contributed by atoms with E-state index in [9.17, 15) is 13.2 Å². The highest BCUT2D eigenvalue weighted by molar-refractivity contribution is 8.15. The fourth-order valence-electron chi connectivity index (χ4n) is 3.20. The number of ether oxygens (including phenoxy) is 1. The van der Waals surface area contributed by atoms with Crippen molar-refractivity contribution in [2.24, 2.45) is 5.92 Å². The average molecular weight is 451 g/mol. The molecule has 146 valence electrons. The summed E-state index contributed by atoms with van der Waals surface area (Å²) in [5.41, 5.74) is 1.54. The summed E-state index contributed by atoms with van der Waals surface area (Å²) in [7, 11) is 1.82. The molecule has 0 radical (unpaired) electrons. The summed E-state index contributed by atoms with van der Waals surface area (Å²) < 4.78 is 28.2. The smallest absolute Gasteiger partial charge is 0.241 e. The number of rotatable bonds is 5. The first kappa shape index (κ1) is 20.5. The van der Waals surface area contributed by atoms with Gasteiger partial charge in [-0.05, 0) is 56.0 Å². The molecule has 9 heteroatoms. The SMILES string of the molecule is CC1(S(=O)(=O)Cl)C=CC2=C(CC(CCOc3ccc(Cl)cc3Cl)C(=O)N2)C1. The second-order valence-electron chi connectivity index (χ2n) is 6.88. The molecule has 1 heterocycles. The quantitative estimate of drug-likeness (QED) is 0.673. The van der Waals surface area contributed by atoms with Crippen LogP contribution in [0.4, 0.5) is 0 Å². The molecule has 27 heavy (non-hydrogen) atoms. The van der Waals surface area contributed by atoms with E-state index >= 15 is 0 Å². The second-order valence-corrected chi connectivity index (χ2v) is 10.8. The topological polar surface area (TPSA) is 72.5 Å². The highest BCUT2D eigenvalue weighted by Gasteiger charge is 2.41. The van der Waals surface area contributed by atoms with Gasteiger partial charge in [-0.3, -0.25) is 4.79 Å². The lowest BCUT2D eigenvalue weighted by atomic mass is 9.83. The van der Waals surface area contributed by atoms with Crippen LogP contribution < -0.4 is 10.1 Å². The van der Waals surface area contributed by atoms with E-state index in [2.05, 4.69) is 5.32 Å². The molecule has 2 aliphatic rings. The zero-order valence-electron chi connectivity index (χ0n) is 14.5. The highest BCUT2D eigenvalue weighted by atomic mass is 35.7. The molecule has 0 aromatic heterocycles. The summed E-state index contributed by atoms with van der Waals surface area (Å²) in [4.78, 5) is 12.3. The Morgan fingerprint density at radius 1 is 1.33 bits per heavy atom. The average Bonchev–Trinajstić information content (AvgIpc) is 2.56. The van der Waals surface area contributed by atoms with Gasteiger partial charge in [0.1, 0.15) is 10.5 Å². The second kappa shape index (κ2) is 7.66. The van der Waals surface area contributed by atoms with Crippen LogP contribution in [0.3, 0.4) is 0 Å². The van der Waals surface area contributed by atoms with E-state index in [1.54, 1.807) is 31.2 Å². The van der Waals surface area contributed by atoms with Crippen LogP contribution in [0, 0.1) is 5.92 Å². The van der Waals surface area contributed by atoms with Gasteiger partial charge in [-0.25, -0.2) is 8.42 Å². The summed E-state index contributed by atoms with van der Waals surface area (Å²) >= 11 is 11.9. The van der Waals surface area contributed by atoms with Crippen LogP contribution in [0.2, 0.25) is 10.0 Å². The number of carbonyl (C=O) groups excluding carboxylic acids is 1. The lowest BCUT2D eigenvalue weighted by Crippen LogP contribution is -2.41. The Hall–Kier alpha value is -1.21. The summed E-state index contributed by atoms with van der Waals surface area (Å²) in [5, 5.41) is 3.76. The van der Waals surface area contributed by atoms with Gasteiger partial charge >= 0.3 is 0 Å². The number of allylic oxidation sites excluding steroid dienone is 2. The fraction of sp³-hybridized carbons (Fsp3) is 0.389. The lowest BCUT2D eigenvalue weighted by Gasteiger charge is -2.34. The molecule has 1 amide bonds. The van der Waals surface area contributed by atoms with Crippen molar-refractivity contribution in [3.63, 3.8) is 0 Å². The van der Waals surface area contributed by atoms with E-state index < -0.39 is 13.8 Å². The Morgan fingerprint density at radius 2 is 2.07 bits per heavy atom. The minimum atomic E-state index is -3.78. The molecule has 2 unspecified atom stereocenters. The van der Waals surface area contributed by atoms with Crippen molar-refractivity contribution in [2.75, 3.05) is 6.61 Å². The van der Waals surface area contributed by atoms with E-state index in [1.807, 2.05) is 0 Å². The van der Waals surface area contributed by atoms with Crippen LogP contribution in [0.15, 0.2) is 41.6 Å². The fourth-order valence-corrected chi connectivity index (χ4v) is 4.55. The Labute approximate surface area is 172 Å². The van der Waals surface area contributed by atoms with Crippen molar-refractivity contribution in [2.45, 2.75) is 30.9 Å². The lowest BCUT2D eigenvalue weighted by molar-refractivity contribution is -0.125. The van der Waals surface area contributed by atoms with Crippen LogP contribution in [-0.4, -0.2) is 25.7 Å². The molecule has 0 fully saturated rings. The van der Waals surface area contributed by atoms with Crippen LogP contribution in [-0.2, 0) is 13.8 Å². The van der Waals surface area contributed by atoms with E-state index in [0.29, 0.717) is 40.9 Å². The maximum absolute atomic E-state index is 12.3. The van der Waals surface area contributed by atoms with Crippen LogP contribution in [0.1, 0.15) is 26.2 Å². The van der Waals surface area contributed by atoms with E-state index in [1.165, 1.54) is 6.08 Å². The van der Waals surface area contributed by atoms with E-state index in [-0.39, 0.29) is 18.2 Å². The number of carbonyl (C=O) groups is 1. The molecule has 3 rings (SSSR count). The minimum Gasteiger partial charge on any atom is -0.492 e. The normalized spacial score (nSPS) is 25.2. The van der Waals surface area contributed by atoms with Gasteiger partial charge in [0.25, 0.3) is 0 Å². The standard InChI is InChI=1S/C18H18Cl3NO4S/c1-18(27(21,24)25)6-4-15-12(10-18)8-11(17(23)22-15)5-7-26-16-3-2-13(19)9-14(16)20/h2-4,6,9,11H,5,7-8,10H2,1H3,(H,22,23). The first-order chi connectivity index (χ1) is 12.6. The van der Waals surface area contributed by atoms with Crippen molar-refractivity contribution in [3.05, 3.63) is 51.7 Å². The summed E-state index contributed by atoms with van der Waals surface area (Å²) in [6, 6.07) is 4.94. The number of amides is 1. The van der Waals surface area contributed by atoms with Gasteiger partial charge in [-0.1, -0.05) is 29.3 Å². The predicted octanol–water partition coefficient (Wildman–Crippen LogP) is 4.44. The third kappa shape index (κ3) is 4.45. The molecule has 1 N–H and O–H groups in total. The van der Waals surface area contributed by atoms with Crippen molar-refractivity contribution in [1.29, 1.82) is 0 Å². The largest absolute Gasteiger partial charge is 0.492 e. The van der Waals surface area contributed by atoms with Gasteiger partial charge in [0, 0.05) is 27.3 Å². The Bertz CT molecular complexity index is 942. The van der Waals surface area contributed by atoms with E-state index in [0.717, 1.165) is 5.57 Å². The summed E-state index contributed by atoms with van der Waals surface area (Å²) in [5.74, 6) is 0.0729. The van der Waals surface area contributed by atoms with Gasteiger partial charge in [0.2, 0.25) is 15.0 Å². The summed E-state index contributed by atoms with van der Waals surface area (Å²) in [6.07, 6.45) is 4.34. The molecule has 0 bridgehead atoms. The Morgan fingerprint density at radius 3 is 2.74 bits per heavy atom. The molecule has 1 aromatic rings. The van der Waals surface area contributed by atoms with Crippen molar-refractivity contribution in [3.8, 4) is 5.75 Å². The first-order valence-electron chi connectivity index (χ1n) is 8.33. The molecule has 0 spiro atoms. The van der Waals surface area contributed by atoms with Gasteiger partial charge in [-0.15, -0.1) is 0 Å². The Balaban J connectivity index is 1.65. The van der Waals surface area contributed by atoms with Crippen LogP contribution in [0.5, 0.6) is 5.75 Å². The molecule has 0 saturated heterocycles. The molecule has 5 nitrogen and oxygen atoms in total. The van der Waals surface area contributed by atoms with Crippen LogP contribution >= 0.6 is 33.9 Å².